The van der Waals surface area contributed by atoms with Gasteiger partial charge in [-0.3, -0.25) is 0 Å². The maximum atomic E-state index is 4.20. The number of thiazole rings is 1. The highest BCUT2D eigenvalue weighted by atomic mass is 127. The molecule has 1 aromatic heterocycles. The van der Waals surface area contributed by atoms with Gasteiger partial charge < -0.3 is 5.32 Å². The molecule has 0 bridgehead atoms. The molecule has 0 saturated carbocycles. The number of rotatable bonds is 1. The van der Waals surface area contributed by atoms with Crippen LogP contribution in [0.15, 0.2) is 6.20 Å². The SMILES string of the molecule is CC(C)(C)Nc1ncc(I)s1. The number of aromatic nitrogens is 1. The first-order chi connectivity index (χ1) is 4.97. The van der Waals surface area contributed by atoms with Gasteiger partial charge in [-0.2, -0.15) is 0 Å². The van der Waals surface area contributed by atoms with E-state index in [2.05, 4.69) is 53.7 Å². The van der Waals surface area contributed by atoms with E-state index in [1.807, 2.05) is 6.20 Å². The first-order valence-corrected chi connectivity index (χ1v) is 5.26. The second kappa shape index (κ2) is 3.26. The molecule has 0 radical (unpaired) electrons. The van der Waals surface area contributed by atoms with Gasteiger partial charge in [0.15, 0.2) is 5.13 Å². The van der Waals surface area contributed by atoms with Crippen molar-refractivity contribution in [2.75, 3.05) is 5.32 Å². The van der Waals surface area contributed by atoms with Crippen LogP contribution < -0.4 is 5.32 Å². The number of nitrogens with zero attached hydrogens (tertiary/aromatic N) is 1. The van der Waals surface area contributed by atoms with Crippen LogP contribution in [0.3, 0.4) is 0 Å². The summed E-state index contributed by atoms with van der Waals surface area (Å²) in [5.41, 5.74) is 0.112. The quantitative estimate of drug-likeness (QED) is 0.801. The van der Waals surface area contributed by atoms with Crippen molar-refractivity contribution in [3.63, 3.8) is 0 Å². The molecule has 0 aliphatic rings. The number of hydrogen-bond acceptors (Lipinski definition) is 3. The molecule has 1 rings (SSSR count). The fourth-order valence-electron chi connectivity index (χ4n) is 0.633. The predicted octanol–water partition coefficient (Wildman–Crippen LogP) is 2.96. The largest absolute Gasteiger partial charge is 0.357 e. The molecule has 11 heavy (non-hydrogen) atoms. The third-order valence-corrected chi connectivity index (χ3v) is 2.60. The molecule has 0 aliphatic carbocycles. The normalized spacial score (nSPS) is 11.6. The summed E-state index contributed by atoms with van der Waals surface area (Å²) in [5.74, 6) is 0. The lowest BCUT2D eigenvalue weighted by Gasteiger charge is -2.19. The lowest BCUT2D eigenvalue weighted by atomic mass is 10.1. The van der Waals surface area contributed by atoms with E-state index in [1.165, 1.54) is 2.88 Å². The molecule has 0 fully saturated rings. The van der Waals surface area contributed by atoms with E-state index in [0.717, 1.165) is 5.13 Å². The Bertz CT molecular complexity index is 239. The lowest BCUT2D eigenvalue weighted by Crippen LogP contribution is -2.25. The fraction of sp³-hybridized carbons (Fsp3) is 0.571. The minimum atomic E-state index is 0.112. The number of anilines is 1. The third-order valence-electron chi connectivity index (χ3n) is 0.959. The predicted molar refractivity (Wildman–Crippen MR) is 58.2 cm³/mol. The Labute approximate surface area is 84.6 Å². The first kappa shape index (κ1) is 9.25. The maximum absolute atomic E-state index is 4.20. The molecule has 0 spiro atoms. The molecule has 0 aliphatic heterocycles. The van der Waals surface area contributed by atoms with Crippen LogP contribution in [0.25, 0.3) is 0 Å². The van der Waals surface area contributed by atoms with E-state index >= 15 is 0 Å². The smallest absolute Gasteiger partial charge is 0.184 e. The summed E-state index contributed by atoms with van der Waals surface area (Å²) in [6.45, 7) is 6.38. The van der Waals surface area contributed by atoms with Gasteiger partial charge in [-0.15, -0.1) is 0 Å². The van der Waals surface area contributed by atoms with E-state index in [-0.39, 0.29) is 5.54 Å². The standard InChI is InChI=1S/C7H11IN2S/c1-7(2,3)10-6-9-4-5(8)11-6/h4H,1-3H3,(H,9,10). The molecule has 0 amide bonds. The van der Waals surface area contributed by atoms with E-state index < -0.39 is 0 Å². The Morgan fingerprint density at radius 3 is 2.55 bits per heavy atom. The van der Waals surface area contributed by atoms with Crippen molar-refractivity contribution in [2.45, 2.75) is 26.3 Å². The topological polar surface area (TPSA) is 24.9 Å². The molecule has 1 heterocycles. The summed E-state index contributed by atoms with van der Waals surface area (Å²) in [4.78, 5) is 4.20. The van der Waals surface area contributed by atoms with Crippen molar-refractivity contribution in [3.05, 3.63) is 9.08 Å². The van der Waals surface area contributed by atoms with Crippen LogP contribution in [0, 0.1) is 2.88 Å². The van der Waals surface area contributed by atoms with E-state index in [0.29, 0.717) is 0 Å². The van der Waals surface area contributed by atoms with Crippen molar-refractivity contribution in [2.24, 2.45) is 0 Å². The Balaban J connectivity index is 2.65. The third kappa shape index (κ3) is 3.37. The number of halogens is 1. The molecule has 0 unspecified atom stereocenters. The monoisotopic (exact) mass is 282 g/mol. The van der Waals surface area contributed by atoms with Crippen LogP contribution in [0.4, 0.5) is 5.13 Å². The van der Waals surface area contributed by atoms with Crippen LogP contribution in [0.2, 0.25) is 0 Å². The highest BCUT2D eigenvalue weighted by Gasteiger charge is 2.10. The second-order valence-electron chi connectivity index (χ2n) is 3.34. The molecule has 1 aromatic rings. The Morgan fingerprint density at radius 2 is 2.18 bits per heavy atom. The minimum absolute atomic E-state index is 0.112. The first-order valence-electron chi connectivity index (χ1n) is 3.37. The summed E-state index contributed by atoms with van der Waals surface area (Å²) in [6.07, 6.45) is 1.87. The van der Waals surface area contributed by atoms with Gasteiger partial charge in [-0.05, 0) is 43.4 Å². The van der Waals surface area contributed by atoms with E-state index in [4.69, 9.17) is 0 Å². The van der Waals surface area contributed by atoms with Crippen LogP contribution in [0.5, 0.6) is 0 Å². The van der Waals surface area contributed by atoms with Crippen molar-refractivity contribution in [1.29, 1.82) is 0 Å². The Hall–Kier alpha value is 0.160. The van der Waals surface area contributed by atoms with Crippen molar-refractivity contribution < 1.29 is 0 Å². The molecule has 62 valence electrons. The zero-order chi connectivity index (χ0) is 8.48. The fourth-order valence-corrected chi connectivity index (χ4v) is 2.15. The van der Waals surface area contributed by atoms with Crippen molar-refractivity contribution in [3.8, 4) is 0 Å². The number of nitrogens with one attached hydrogen (secondary N) is 1. The van der Waals surface area contributed by atoms with Crippen molar-refractivity contribution in [1.82, 2.24) is 4.98 Å². The zero-order valence-electron chi connectivity index (χ0n) is 6.81. The molecule has 1 N–H and O–H groups in total. The minimum Gasteiger partial charge on any atom is -0.357 e. The van der Waals surface area contributed by atoms with Gasteiger partial charge in [0.1, 0.15) is 0 Å². The summed E-state index contributed by atoms with van der Waals surface area (Å²) >= 11 is 3.95. The zero-order valence-corrected chi connectivity index (χ0v) is 9.78. The summed E-state index contributed by atoms with van der Waals surface area (Å²) in [5, 5.41) is 4.31. The van der Waals surface area contributed by atoms with Crippen LogP contribution >= 0.6 is 33.9 Å². The van der Waals surface area contributed by atoms with Gasteiger partial charge in [0, 0.05) is 5.54 Å². The number of hydrogen-bond donors (Lipinski definition) is 1. The van der Waals surface area contributed by atoms with E-state index in [1.54, 1.807) is 11.3 Å². The molecule has 0 aromatic carbocycles. The maximum Gasteiger partial charge on any atom is 0.184 e. The van der Waals surface area contributed by atoms with Gasteiger partial charge >= 0.3 is 0 Å². The average Bonchev–Trinajstić information content (AvgIpc) is 2.10. The van der Waals surface area contributed by atoms with Gasteiger partial charge in [0.05, 0.1) is 9.08 Å². The van der Waals surface area contributed by atoms with Crippen LogP contribution in [-0.4, -0.2) is 10.5 Å². The summed E-state index contributed by atoms with van der Waals surface area (Å²) < 4.78 is 1.22. The lowest BCUT2D eigenvalue weighted by molar-refractivity contribution is 0.633. The van der Waals surface area contributed by atoms with Crippen LogP contribution in [0.1, 0.15) is 20.8 Å². The molecule has 2 nitrogen and oxygen atoms in total. The van der Waals surface area contributed by atoms with Gasteiger partial charge in [0.2, 0.25) is 0 Å². The van der Waals surface area contributed by atoms with Gasteiger partial charge in [-0.1, -0.05) is 11.3 Å². The summed E-state index contributed by atoms with van der Waals surface area (Å²) in [6, 6.07) is 0. The molecular weight excluding hydrogens is 271 g/mol. The van der Waals surface area contributed by atoms with Gasteiger partial charge in [0.25, 0.3) is 0 Å². The highest BCUT2D eigenvalue weighted by molar-refractivity contribution is 14.1. The average molecular weight is 282 g/mol. The second-order valence-corrected chi connectivity index (χ2v) is 6.27. The van der Waals surface area contributed by atoms with Crippen LogP contribution in [-0.2, 0) is 0 Å². The van der Waals surface area contributed by atoms with Crippen molar-refractivity contribution >= 4 is 39.1 Å². The molecular formula is C7H11IN2S. The highest BCUT2D eigenvalue weighted by Crippen LogP contribution is 2.22. The Morgan fingerprint density at radius 1 is 1.55 bits per heavy atom. The molecule has 0 saturated heterocycles. The molecule has 4 heteroatoms. The molecule has 0 atom stereocenters. The van der Waals surface area contributed by atoms with E-state index in [9.17, 15) is 0 Å². The summed E-state index contributed by atoms with van der Waals surface area (Å²) in [7, 11) is 0. The van der Waals surface area contributed by atoms with Gasteiger partial charge in [-0.25, -0.2) is 4.98 Å². The Kier molecular flexibility index (Phi) is 2.74.